The lowest BCUT2D eigenvalue weighted by atomic mass is 10.1. The monoisotopic (exact) mass is 404 g/mol. The largest absolute Gasteiger partial charge is 0.396 e. The molecule has 172 valence electrons. The van der Waals surface area contributed by atoms with Crippen LogP contribution in [0.4, 0.5) is 0 Å². The van der Waals surface area contributed by atoms with Gasteiger partial charge in [0.15, 0.2) is 0 Å². The topological polar surface area (TPSA) is 80.9 Å². The van der Waals surface area contributed by atoms with Crippen LogP contribution in [0.5, 0.6) is 0 Å². The van der Waals surface area contributed by atoms with Crippen LogP contribution >= 0.6 is 0 Å². The van der Waals surface area contributed by atoms with Gasteiger partial charge in [-0.25, -0.2) is 0 Å². The summed E-state index contributed by atoms with van der Waals surface area (Å²) < 4.78 is 0. The molecule has 0 heterocycles. The van der Waals surface area contributed by atoms with E-state index in [1.54, 1.807) is 0 Å². The molecule has 4 heteroatoms. The van der Waals surface area contributed by atoms with Gasteiger partial charge in [0.1, 0.15) is 0 Å². The molecule has 0 saturated carbocycles. The second-order valence-electron chi connectivity index (χ2n) is 7.97. The van der Waals surface area contributed by atoms with Crippen LogP contribution in [0.2, 0.25) is 0 Å². The van der Waals surface area contributed by atoms with E-state index in [4.69, 9.17) is 20.4 Å². The standard InChI is InChI=1S/2C12H26O2/c2*13-11-9-7-5-3-1-2-4-6-8-10-12-14/h2*13-14H,1-12H2. The first-order valence-electron chi connectivity index (χ1n) is 12.3. The van der Waals surface area contributed by atoms with Gasteiger partial charge in [0.2, 0.25) is 0 Å². The van der Waals surface area contributed by atoms with Crippen LogP contribution in [0, 0.1) is 0 Å². The van der Waals surface area contributed by atoms with Crippen molar-refractivity contribution in [3.8, 4) is 0 Å². The molecule has 0 amide bonds. The molecule has 0 aromatic heterocycles. The van der Waals surface area contributed by atoms with Gasteiger partial charge in [-0.2, -0.15) is 0 Å². The van der Waals surface area contributed by atoms with Gasteiger partial charge in [0.25, 0.3) is 0 Å². The summed E-state index contributed by atoms with van der Waals surface area (Å²) in [5, 5.41) is 34.3. The number of aliphatic hydroxyl groups excluding tert-OH is 4. The summed E-state index contributed by atoms with van der Waals surface area (Å²) >= 11 is 0. The van der Waals surface area contributed by atoms with E-state index in [1.165, 1.54) is 103 Å². The molecular formula is C24H52O4. The van der Waals surface area contributed by atoms with E-state index in [9.17, 15) is 0 Å². The minimum Gasteiger partial charge on any atom is -0.396 e. The molecular weight excluding hydrogens is 352 g/mol. The van der Waals surface area contributed by atoms with Crippen molar-refractivity contribution in [3.63, 3.8) is 0 Å². The van der Waals surface area contributed by atoms with Crippen molar-refractivity contribution in [1.29, 1.82) is 0 Å². The highest BCUT2D eigenvalue weighted by Gasteiger charge is 1.93. The fourth-order valence-electron chi connectivity index (χ4n) is 3.28. The molecule has 0 aliphatic carbocycles. The van der Waals surface area contributed by atoms with Crippen LogP contribution in [-0.4, -0.2) is 46.9 Å². The Morgan fingerprint density at radius 3 is 0.393 bits per heavy atom. The summed E-state index contributed by atoms with van der Waals surface area (Å²) in [6, 6.07) is 0. The molecule has 0 aromatic rings. The molecule has 0 rings (SSSR count). The van der Waals surface area contributed by atoms with Crippen molar-refractivity contribution in [2.75, 3.05) is 26.4 Å². The molecule has 0 fully saturated rings. The minimum absolute atomic E-state index is 0.348. The number of rotatable bonds is 22. The highest BCUT2D eigenvalue weighted by molar-refractivity contribution is 4.48. The fourth-order valence-corrected chi connectivity index (χ4v) is 3.28. The zero-order chi connectivity index (χ0) is 21.0. The van der Waals surface area contributed by atoms with Crippen LogP contribution in [0.1, 0.15) is 128 Å². The number of hydrogen-bond acceptors (Lipinski definition) is 4. The van der Waals surface area contributed by atoms with Gasteiger partial charge in [-0.1, -0.05) is 103 Å². The van der Waals surface area contributed by atoms with Crippen molar-refractivity contribution in [2.45, 2.75) is 128 Å². The molecule has 0 aliphatic rings. The third-order valence-corrected chi connectivity index (χ3v) is 5.13. The first-order chi connectivity index (χ1) is 13.8. The molecule has 0 atom stereocenters. The van der Waals surface area contributed by atoms with Crippen LogP contribution in [0.3, 0.4) is 0 Å². The van der Waals surface area contributed by atoms with Gasteiger partial charge in [0, 0.05) is 26.4 Å². The van der Waals surface area contributed by atoms with Crippen LogP contribution < -0.4 is 0 Å². The van der Waals surface area contributed by atoms with Gasteiger partial charge >= 0.3 is 0 Å². The highest BCUT2D eigenvalue weighted by atomic mass is 16.3. The predicted octanol–water partition coefficient (Wildman–Crippen LogP) is 5.74. The van der Waals surface area contributed by atoms with Crippen molar-refractivity contribution in [1.82, 2.24) is 0 Å². The summed E-state index contributed by atoms with van der Waals surface area (Å²) in [5.74, 6) is 0. The predicted molar refractivity (Wildman–Crippen MR) is 121 cm³/mol. The Hall–Kier alpha value is -0.160. The van der Waals surface area contributed by atoms with Crippen LogP contribution in [0.15, 0.2) is 0 Å². The van der Waals surface area contributed by atoms with E-state index in [2.05, 4.69) is 0 Å². The first kappa shape index (κ1) is 30.0. The molecule has 0 aromatic carbocycles. The number of hydrogen-bond donors (Lipinski definition) is 4. The number of unbranched alkanes of at least 4 members (excludes halogenated alkanes) is 18. The summed E-state index contributed by atoms with van der Waals surface area (Å²) in [7, 11) is 0. The van der Waals surface area contributed by atoms with Crippen molar-refractivity contribution < 1.29 is 20.4 Å². The second-order valence-corrected chi connectivity index (χ2v) is 7.97. The zero-order valence-electron chi connectivity index (χ0n) is 18.8. The summed E-state index contributed by atoms with van der Waals surface area (Å²) in [6.07, 6.45) is 24.3. The number of aliphatic hydroxyl groups is 4. The molecule has 4 N–H and O–H groups in total. The maximum absolute atomic E-state index is 8.57. The molecule has 0 saturated heterocycles. The average Bonchev–Trinajstić information content (AvgIpc) is 2.71. The highest BCUT2D eigenvalue weighted by Crippen LogP contribution is 2.11. The van der Waals surface area contributed by atoms with E-state index in [0.29, 0.717) is 26.4 Å². The van der Waals surface area contributed by atoms with Gasteiger partial charge in [0.05, 0.1) is 0 Å². The first-order valence-corrected chi connectivity index (χ1v) is 12.3. The van der Waals surface area contributed by atoms with Gasteiger partial charge in [-0.3, -0.25) is 0 Å². The van der Waals surface area contributed by atoms with E-state index in [1.807, 2.05) is 0 Å². The third kappa shape index (κ3) is 33.4. The van der Waals surface area contributed by atoms with Crippen LogP contribution in [-0.2, 0) is 0 Å². The minimum atomic E-state index is 0.348. The van der Waals surface area contributed by atoms with Gasteiger partial charge in [-0.05, 0) is 25.7 Å². The van der Waals surface area contributed by atoms with E-state index >= 15 is 0 Å². The lowest BCUT2D eigenvalue weighted by molar-refractivity contribution is 0.281. The molecule has 0 radical (unpaired) electrons. The smallest absolute Gasteiger partial charge is 0.0431 e. The Kier molecular flexibility index (Phi) is 33.8. The van der Waals surface area contributed by atoms with Crippen molar-refractivity contribution in [2.24, 2.45) is 0 Å². The Morgan fingerprint density at radius 1 is 0.179 bits per heavy atom. The summed E-state index contributed by atoms with van der Waals surface area (Å²) in [6.45, 7) is 1.39. The molecule has 0 spiro atoms. The quantitative estimate of drug-likeness (QED) is 0.173. The van der Waals surface area contributed by atoms with E-state index < -0.39 is 0 Å². The van der Waals surface area contributed by atoms with Crippen LogP contribution in [0.25, 0.3) is 0 Å². The SMILES string of the molecule is OCCCCCCCCCCCCO.OCCCCCCCCCCCCO. The Balaban J connectivity index is 0. The maximum Gasteiger partial charge on any atom is 0.0431 e. The molecule has 28 heavy (non-hydrogen) atoms. The van der Waals surface area contributed by atoms with Crippen molar-refractivity contribution in [3.05, 3.63) is 0 Å². The second kappa shape index (κ2) is 31.5. The Bertz CT molecular complexity index is 189. The molecule has 0 bridgehead atoms. The normalized spacial score (nSPS) is 10.7. The molecule has 4 nitrogen and oxygen atoms in total. The van der Waals surface area contributed by atoms with Gasteiger partial charge in [-0.15, -0.1) is 0 Å². The Morgan fingerprint density at radius 2 is 0.286 bits per heavy atom. The van der Waals surface area contributed by atoms with Gasteiger partial charge < -0.3 is 20.4 Å². The van der Waals surface area contributed by atoms with Crippen molar-refractivity contribution >= 4 is 0 Å². The zero-order valence-corrected chi connectivity index (χ0v) is 18.8. The third-order valence-electron chi connectivity index (χ3n) is 5.13. The summed E-state index contributed by atoms with van der Waals surface area (Å²) in [5.41, 5.74) is 0. The lowest BCUT2D eigenvalue weighted by Crippen LogP contribution is -1.85. The average molecular weight is 405 g/mol. The van der Waals surface area contributed by atoms with E-state index in [0.717, 1.165) is 25.7 Å². The summed E-state index contributed by atoms with van der Waals surface area (Å²) in [4.78, 5) is 0. The lowest BCUT2D eigenvalue weighted by Gasteiger charge is -2.01. The molecule has 0 unspecified atom stereocenters. The Labute approximate surface area is 175 Å². The van der Waals surface area contributed by atoms with E-state index in [-0.39, 0.29) is 0 Å². The maximum atomic E-state index is 8.57. The molecule has 0 aliphatic heterocycles. The fraction of sp³-hybridized carbons (Fsp3) is 1.00.